The molecule has 160 valence electrons. The molecule has 2 aromatic rings. The summed E-state index contributed by atoms with van der Waals surface area (Å²) in [6, 6.07) is 0. The molecule has 1 atom stereocenters. The highest BCUT2D eigenvalue weighted by atomic mass is 16.5. The highest BCUT2D eigenvalue weighted by Crippen LogP contribution is 2.30. The summed E-state index contributed by atoms with van der Waals surface area (Å²) in [6.45, 7) is 10.5. The van der Waals surface area contributed by atoms with Gasteiger partial charge in [0, 0.05) is 32.3 Å². The van der Waals surface area contributed by atoms with E-state index in [2.05, 4.69) is 29.2 Å². The molecule has 1 fully saturated rings. The fourth-order valence-corrected chi connectivity index (χ4v) is 4.37. The van der Waals surface area contributed by atoms with Crippen molar-refractivity contribution in [1.82, 2.24) is 25.0 Å². The molecule has 3 heterocycles. The average Bonchev–Trinajstić information content (AvgIpc) is 3.02. The van der Waals surface area contributed by atoms with Crippen molar-refractivity contribution in [2.45, 2.75) is 52.9 Å². The highest BCUT2D eigenvalue weighted by molar-refractivity contribution is 5.86. The molecule has 2 aromatic heterocycles. The van der Waals surface area contributed by atoms with Crippen LogP contribution >= 0.6 is 0 Å². The molecule has 1 aliphatic heterocycles. The van der Waals surface area contributed by atoms with Crippen LogP contribution in [0.4, 0.5) is 0 Å². The van der Waals surface area contributed by atoms with Gasteiger partial charge in [-0.25, -0.2) is 9.67 Å². The number of aromatic nitrogens is 3. The number of piperidine rings is 1. The van der Waals surface area contributed by atoms with Crippen LogP contribution in [-0.4, -0.2) is 58.9 Å². The normalized spacial score (nSPS) is 16.2. The summed E-state index contributed by atoms with van der Waals surface area (Å²) >= 11 is 0. The Balaban J connectivity index is 1.56. The zero-order valence-electron chi connectivity index (χ0n) is 18.5. The molecule has 7 heteroatoms. The first kappa shape index (κ1) is 21.6. The molecule has 1 aliphatic rings. The molecule has 3 rings (SSSR count). The maximum absolute atomic E-state index is 12.4. The molecular weight excluding hydrogens is 366 g/mol. The predicted octanol–water partition coefficient (Wildman–Crippen LogP) is 2.76. The van der Waals surface area contributed by atoms with Gasteiger partial charge in [0.25, 0.3) is 0 Å². The lowest BCUT2D eigenvalue weighted by Crippen LogP contribution is -2.38. The minimum absolute atomic E-state index is 0.104. The van der Waals surface area contributed by atoms with Gasteiger partial charge in [0.1, 0.15) is 0 Å². The maximum Gasteiger partial charge on any atom is 0.242 e. The summed E-state index contributed by atoms with van der Waals surface area (Å²) in [7, 11) is 3.49. The number of hydrogen-bond donors (Lipinski definition) is 1. The first-order chi connectivity index (χ1) is 13.9. The Kier molecular flexibility index (Phi) is 7.11. The zero-order chi connectivity index (χ0) is 21.0. The minimum Gasteiger partial charge on any atom is -0.479 e. The SMILES string of the molecule is COc1nn(C)c2nc(C)c(CCC(=O)NCC(C)CN3CCCCC3)c(C)c12. The van der Waals surface area contributed by atoms with Crippen LogP contribution in [0, 0.1) is 19.8 Å². The van der Waals surface area contributed by atoms with E-state index in [0.29, 0.717) is 24.6 Å². The first-order valence-electron chi connectivity index (χ1n) is 10.8. The Morgan fingerprint density at radius 1 is 1.24 bits per heavy atom. The average molecular weight is 402 g/mol. The minimum atomic E-state index is 0.104. The zero-order valence-corrected chi connectivity index (χ0v) is 18.5. The van der Waals surface area contributed by atoms with E-state index in [9.17, 15) is 4.79 Å². The van der Waals surface area contributed by atoms with Gasteiger partial charge in [-0.2, -0.15) is 0 Å². The number of hydrogen-bond acceptors (Lipinski definition) is 5. The summed E-state index contributed by atoms with van der Waals surface area (Å²) < 4.78 is 7.17. The van der Waals surface area contributed by atoms with Gasteiger partial charge in [0.05, 0.1) is 12.5 Å². The molecule has 0 bridgehead atoms. The van der Waals surface area contributed by atoms with Crippen molar-refractivity contribution < 1.29 is 9.53 Å². The fraction of sp³-hybridized carbons (Fsp3) is 0.682. The van der Waals surface area contributed by atoms with Crippen molar-refractivity contribution in [3.05, 3.63) is 16.8 Å². The number of likely N-dealkylation sites (tertiary alicyclic amines) is 1. The highest BCUT2D eigenvalue weighted by Gasteiger charge is 2.19. The quantitative estimate of drug-likeness (QED) is 0.736. The second-order valence-corrected chi connectivity index (χ2v) is 8.40. The van der Waals surface area contributed by atoms with Crippen LogP contribution in [0.1, 0.15) is 49.4 Å². The van der Waals surface area contributed by atoms with Crippen LogP contribution in [0.5, 0.6) is 5.88 Å². The van der Waals surface area contributed by atoms with Crippen LogP contribution in [-0.2, 0) is 18.3 Å². The van der Waals surface area contributed by atoms with Gasteiger partial charge in [0.2, 0.25) is 11.8 Å². The number of pyridine rings is 1. The van der Waals surface area contributed by atoms with Gasteiger partial charge >= 0.3 is 0 Å². The van der Waals surface area contributed by atoms with Gasteiger partial charge < -0.3 is 15.0 Å². The van der Waals surface area contributed by atoms with E-state index in [0.717, 1.165) is 40.9 Å². The summed E-state index contributed by atoms with van der Waals surface area (Å²) in [5, 5.41) is 8.45. The molecule has 0 aromatic carbocycles. The summed E-state index contributed by atoms with van der Waals surface area (Å²) in [5.41, 5.74) is 3.98. The molecule has 0 saturated carbocycles. The van der Waals surface area contributed by atoms with Crippen LogP contribution in [0.2, 0.25) is 0 Å². The lowest BCUT2D eigenvalue weighted by Gasteiger charge is -2.29. The van der Waals surface area contributed by atoms with E-state index in [4.69, 9.17) is 9.72 Å². The fourth-order valence-electron chi connectivity index (χ4n) is 4.37. The van der Waals surface area contributed by atoms with E-state index < -0.39 is 0 Å². The Hall–Kier alpha value is -2.15. The molecule has 0 radical (unpaired) electrons. The number of nitrogens with one attached hydrogen (secondary N) is 1. The number of amides is 1. The Labute approximate surface area is 173 Å². The third-order valence-corrected chi connectivity index (χ3v) is 5.98. The second kappa shape index (κ2) is 9.57. The van der Waals surface area contributed by atoms with Crippen molar-refractivity contribution in [2.75, 3.05) is 33.3 Å². The molecule has 0 aliphatic carbocycles. The van der Waals surface area contributed by atoms with Gasteiger partial charge in [-0.3, -0.25) is 4.79 Å². The number of aryl methyl sites for hydroxylation is 3. The number of carbonyl (C=O) groups excluding carboxylic acids is 1. The van der Waals surface area contributed by atoms with E-state index in [1.54, 1.807) is 11.8 Å². The van der Waals surface area contributed by atoms with Crippen molar-refractivity contribution in [2.24, 2.45) is 13.0 Å². The molecule has 1 amide bonds. The van der Waals surface area contributed by atoms with Gasteiger partial charge in [-0.15, -0.1) is 5.10 Å². The Bertz CT molecular complexity index is 855. The molecule has 1 unspecified atom stereocenters. The lowest BCUT2D eigenvalue weighted by atomic mass is 10.00. The van der Waals surface area contributed by atoms with Crippen LogP contribution in [0.15, 0.2) is 0 Å². The summed E-state index contributed by atoms with van der Waals surface area (Å²) in [5.74, 6) is 1.16. The number of nitrogens with zero attached hydrogens (tertiary/aromatic N) is 4. The van der Waals surface area contributed by atoms with Crippen molar-refractivity contribution in [3.8, 4) is 5.88 Å². The van der Waals surface area contributed by atoms with Crippen molar-refractivity contribution in [1.29, 1.82) is 0 Å². The number of carbonyl (C=O) groups is 1. The third-order valence-electron chi connectivity index (χ3n) is 5.98. The van der Waals surface area contributed by atoms with Crippen molar-refractivity contribution in [3.63, 3.8) is 0 Å². The second-order valence-electron chi connectivity index (χ2n) is 8.40. The summed E-state index contributed by atoms with van der Waals surface area (Å²) in [6.07, 6.45) is 5.10. The molecule has 29 heavy (non-hydrogen) atoms. The van der Waals surface area contributed by atoms with Crippen molar-refractivity contribution >= 4 is 16.9 Å². The van der Waals surface area contributed by atoms with E-state index in [-0.39, 0.29) is 5.91 Å². The molecule has 7 nitrogen and oxygen atoms in total. The van der Waals surface area contributed by atoms with Gasteiger partial charge in [-0.1, -0.05) is 13.3 Å². The monoisotopic (exact) mass is 401 g/mol. The topological polar surface area (TPSA) is 72.3 Å². The molecule has 1 N–H and O–H groups in total. The van der Waals surface area contributed by atoms with Crippen LogP contribution in [0.25, 0.3) is 11.0 Å². The predicted molar refractivity (Wildman–Crippen MR) is 115 cm³/mol. The third kappa shape index (κ3) is 5.07. The molecule has 0 spiro atoms. The maximum atomic E-state index is 12.4. The molecular formula is C22H35N5O2. The van der Waals surface area contributed by atoms with Crippen LogP contribution < -0.4 is 10.1 Å². The number of rotatable bonds is 8. The Morgan fingerprint density at radius 2 is 1.97 bits per heavy atom. The lowest BCUT2D eigenvalue weighted by molar-refractivity contribution is -0.121. The Morgan fingerprint density at radius 3 is 2.66 bits per heavy atom. The molecule has 1 saturated heterocycles. The van der Waals surface area contributed by atoms with Gasteiger partial charge in [-0.05, 0) is 63.2 Å². The van der Waals surface area contributed by atoms with E-state index in [1.807, 2.05) is 14.0 Å². The number of fused-ring (bicyclic) bond motifs is 1. The first-order valence-corrected chi connectivity index (χ1v) is 10.8. The number of methoxy groups -OCH3 is 1. The standard InChI is InChI=1S/C22H35N5O2/c1-15(14-27-11-7-6-8-12-27)13-23-19(28)10-9-18-16(2)20-21(24-17(18)3)26(4)25-22(20)29-5/h15H,6-14H2,1-5H3,(H,23,28). The largest absolute Gasteiger partial charge is 0.479 e. The van der Waals surface area contributed by atoms with E-state index >= 15 is 0 Å². The number of ether oxygens (including phenoxy) is 1. The van der Waals surface area contributed by atoms with Gasteiger partial charge in [0.15, 0.2) is 5.65 Å². The smallest absolute Gasteiger partial charge is 0.242 e. The van der Waals surface area contributed by atoms with E-state index in [1.165, 1.54) is 32.4 Å². The van der Waals surface area contributed by atoms with Crippen LogP contribution in [0.3, 0.4) is 0 Å². The summed E-state index contributed by atoms with van der Waals surface area (Å²) in [4.78, 5) is 19.7.